The number of nitrogens with zero attached hydrogens (tertiary/aromatic N) is 6. The summed E-state index contributed by atoms with van der Waals surface area (Å²) in [5.74, 6) is -0.628. The molecule has 2 atom stereocenters. The van der Waals surface area contributed by atoms with Gasteiger partial charge in [-0.1, -0.05) is 18.2 Å². The first kappa shape index (κ1) is 25.0. The van der Waals surface area contributed by atoms with Gasteiger partial charge in [0, 0.05) is 18.0 Å². The van der Waals surface area contributed by atoms with Gasteiger partial charge in [0.25, 0.3) is 5.95 Å². The monoisotopic (exact) mass is 519 g/mol. The summed E-state index contributed by atoms with van der Waals surface area (Å²) in [6.07, 6.45) is -4.03. The molecule has 0 bridgehead atoms. The molecule has 12 heteroatoms. The number of allylic oxidation sites excluding steroid dienone is 2. The number of halogens is 3. The third-order valence-corrected chi connectivity index (χ3v) is 6.47. The fourth-order valence-corrected chi connectivity index (χ4v) is 4.54. The predicted octanol–water partition coefficient (Wildman–Crippen LogP) is 5.04. The van der Waals surface area contributed by atoms with E-state index >= 15 is 0 Å². The lowest BCUT2D eigenvalue weighted by Gasteiger charge is -2.34. The van der Waals surface area contributed by atoms with Crippen molar-refractivity contribution in [3.63, 3.8) is 0 Å². The molecule has 1 amide bonds. The standard InChI is InChI=1S/C26H20F3N7O2/c1-15-21(31-2)22(17-8-6-16(13-30)7-9-17)36-25(33-24(34-36)32-23(37)18-10-11-38-14-18)35(15)20-5-3-4-19(12-20)26(27,28)29/h3-9,12,18,22H,10-11,14H2,1H3,(H,32,34,37)/t18?,22-/m1/s1. The molecule has 9 nitrogen and oxygen atoms in total. The number of rotatable bonds is 4. The molecule has 0 saturated carbocycles. The zero-order valence-corrected chi connectivity index (χ0v) is 20.0. The maximum absolute atomic E-state index is 13.5. The Morgan fingerprint density at radius 2 is 2.03 bits per heavy atom. The van der Waals surface area contributed by atoms with E-state index in [1.54, 1.807) is 31.2 Å². The molecule has 3 aromatic rings. The van der Waals surface area contributed by atoms with Gasteiger partial charge in [-0.25, -0.2) is 9.53 Å². The molecule has 1 fully saturated rings. The molecule has 1 aromatic heterocycles. The van der Waals surface area contributed by atoms with Crippen LogP contribution in [0.5, 0.6) is 0 Å². The van der Waals surface area contributed by atoms with Crippen LogP contribution in [-0.2, 0) is 15.7 Å². The van der Waals surface area contributed by atoms with Crippen LogP contribution in [0.15, 0.2) is 59.9 Å². The number of carbonyl (C=O) groups is 1. The Balaban J connectivity index is 1.65. The third kappa shape index (κ3) is 4.46. The van der Waals surface area contributed by atoms with Crippen LogP contribution < -0.4 is 10.2 Å². The SMILES string of the molecule is [C-]#[N+]C1=C(C)N(c2cccc(C(F)(F)F)c2)c2nc(NC(=O)C3CCOC3)nn2[C@@H]1c1ccc(C#N)cc1. The number of carbonyl (C=O) groups excluding carboxylic acids is 1. The number of alkyl halides is 3. The second kappa shape index (κ2) is 9.65. The Hall–Kier alpha value is -4.68. The summed E-state index contributed by atoms with van der Waals surface area (Å²) < 4.78 is 47.2. The summed E-state index contributed by atoms with van der Waals surface area (Å²) in [5, 5.41) is 16.3. The number of nitriles is 1. The number of anilines is 3. The molecule has 192 valence electrons. The van der Waals surface area contributed by atoms with Crippen LogP contribution in [-0.4, -0.2) is 33.9 Å². The van der Waals surface area contributed by atoms with Gasteiger partial charge in [-0.3, -0.25) is 15.0 Å². The predicted molar refractivity (Wildman–Crippen MR) is 130 cm³/mol. The molecule has 5 rings (SSSR count). The van der Waals surface area contributed by atoms with E-state index in [1.165, 1.54) is 21.7 Å². The van der Waals surface area contributed by atoms with E-state index in [1.807, 2.05) is 6.07 Å². The van der Waals surface area contributed by atoms with Crippen molar-refractivity contribution in [3.05, 3.63) is 88.0 Å². The van der Waals surface area contributed by atoms with E-state index in [-0.39, 0.29) is 41.7 Å². The molecular formula is C26H20F3N7O2. The number of aromatic nitrogens is 3. The van der Waals surface area contributed by atoms with Crippen LogP contribution in [0.4, 0.5) is 30.8 Å². The number of nitrogens with one attached hydrogen (secondary N) is 1. The van der Waals surface area contributed by atoms with Crippen LogP contribution >= 0.6 is 0 Å². The highest BCUT2D eigenvalue weighted by Crippen LogP contribution is 2.44. The average molecular weight is 519 g/mol. The molecule has 0 aliphatic carbocycles. The first-order chi connectivity index (χ1) is 18.2. The highest BCUT2D eigenvalue weighted by molar-refractivity contribution is 5.91. The molecule has 1 unspecified atom stereocenters. The Bertz CT molecular complexity index is 1510. The highest BCUT2D eigenvalue weighted by atomic mass is 19.4. The maximum atomic E-state index is 13.5. The summed E-state index contributed by atoms with van der Waals surface area (Å²) in [7, 11) is 0. The molecule has 0 radical (unpaired) electrons. The van der Waals surface area contributed by atoms with Crippen LogP contribution in [0.25, 0.3) is 4.85 Å². The van der Waals surface area contributed by atoms with Crippen molar-refractivity contribution in [1.29, 1.82) is 5.26 Å². The lowest BCUT2D eigenvalue weighted by atomic mass is 9.99. The summed E-state index contributed by atoms with van der Waals surface area (Å²) in [5.41, 5.74) is 0.869. The number of benzene rings is 2. The summed E-state index contributed by atoms with van der Waals surface area (Å²) in [6, 6.07) is 12.5. The zero-order valence-electron chi connectivity index (χ0n) is 20.0. The number of ether oxygens (including phenoxy) is 1. The normalized spacial score (nSPS) is 19.1. The highest BCUT2D eigenvalue weighted by Gasteiger charge is 2.38. The van der Waals surface area contributed by atoms with Gasteiger partial charge in [-0.05, 0) is 49.2 Å². The molecular weight excluding hydrogens is 499 g/mol. The van der Waals surface area contributed by atoms with Gasteiger partial charge in [-0.2, -0.15) is 23.4 Å². The molecule has 1 saturated heterocycles. The van der Waals surface area contributed by atoms with E-state index in [0.717, 1.165) is 12.1 Å². The van der Waals surface area contributed by atoms with Crippen molar-refractivity contribution < 1.29 is 22.7 Å². The zero-order chi connectivity index (χ0) is 27.0. The van der Waals surface area contributed by atoms with E-state index in [0.29, 0.717) is 29.9 Å². The second-order valence-electron chi connectivity index (χ2n) is 8.83. The van der Waals surface area contributed by atoms with Gasteiger partial charge in [0.15, 0.2) is 0 Å². The molecule has 38 heavy (non-hydrogen) atoms. The first-order valence-electron chi connectivity index (χ1n) is 11.6. The van der Waals surface area contributed by atoms with E-state index in [2.05, 4.69) is 20.2 Å². The van der Waals surface area contributed by atoms with Crippen LogP contribution in [0.1, 0.15) is 36.1 Å². The fraction of sp³-hybridized carbons (Fsp3) is 0.269. The Morgan fingerprint density at radius 1 is 1.26 bits per heavy atom. The fourth-order valence-electron chi connectivity index (χ4n) is 4.54. The molecule has 1 N–H and O–H groups in total. The Morgan fingerprint density at radius 3 is 2.66 bits per heavy atom. The van der Waals surface area contributed by atoms with Crippen molar-refractivity contribution in [1.82, 2.24) is 14.8 Å². The van der Waals surface area contributed by atoms with Gasteiger partial charge in [0.1, 0.15) is 6.04 Å². The Labute approximate surface area is 215 Å². The average Bonchev–Trinajstić information content (AvgIpc) is 3.58. The van der Waals surface area contributed by atoms with E-state index < -0.39 is 17.8 Å². The van der Waals surface area contributed by atoms with E-state index in [4.69, 9.17) is 11.3 Å². The molecule has 2 aliphatic heterocycles. The quantitative estimate of drug-likeness (QED) is 0.485. The molecule has 3 heterocycles. The van der Waals surface area contributed by atoms with Crippen molar-refractivity contribution in [2.45, 2.75) is 25.6 Å². The largest absolute Gasteiger partial charge is 0.416 e. The minimum absolute atomic E-state index is 0.0495. The number of fused-ring (bicyclic) bond motifs is 1. The van der Waals surface area contributed by atoms with Gasteiger partial charge >= 0.3 is 6.18 Å². The summed E-state index contributed by atoms with van der Waals surface area (Å²) in [6.45, 7) is 10.3. The topological polar surface area (TPSA) is 100 Å². The van der Waals surface area contributed by atoms with Crippen molar-refractivity contribution in [2.75, 3.05) is 23.4 Å². The Kier molecular flexibility index (Phi) is 6.35. The lowest BCUT2D eigenvalue weighted by Crippen LogP contribution is -2.30. The van der Waals surface area contributed by atoms with Crippen molar-refractivity contribution >= 4 is 23.5 Å². The van der Waals surface area contributed by atoms with Crippen LogP contribution in [0.2, 0.25) is 0 Å². The lowest BCUT2D eigenvalue weighted by molar-refractivity contribution is -0.137. The first-order valence-corrected chi connectivity index (χ1v) is 11.6. The molecule has 0 spiro atoms. The number of hydrogen-bond acceptors (Lipinski definition) is 6. The molecule has 2 aliphatic rings. The molecule has 2 aromatic carbocycles. The van der Waals surface area contributed by atoms with Gasteiger partial charge in [-0.15, -0.1) is 5.10 Å². The number of amides is 1. The van der Waals surface area contributed by atoms with E-state index in [9.17, 15) is 23.2 Å². The minimum Gasteiger partial charge on any atom is -0.381 e. The maximum Gasteiger partial charge on any atom is 0.416 e. The third-order valence-electron chi connectivity index (χ3n) is 6.47. The summed E-state index contributed by atoms with van der Waals surface area (Å²) >= 11 is 0. The summed E-state index contributed by atoms with van der Waals surface area (Å²) in [4.78, 5) is 22.3. The van der Waals surface area contributed by atoms with Gasteiger partial charge < -0.3 is 4.74 Å². The second-order valence-corrected chi connectivity index (χ2v) is 8.83. The van der Waals surface area contributed by atoms with Crippen LogP contribution in [0.3, 0.4) is 0 Å². The van der Waals surface area contributed by atoms with Gasteiger partial charge in [0.05, 0.1) is 36.3 Å². The smallest absolute Gasteiger partial charge is 0.381 e. The minimum atomic E-state index is -4.58. The van der Waals surface area contributed by atoms with Crippen LogP contribution in [0, 0.1) is 23.8 Å². The number of hydrogen-bond donors (Lipinski definition) is 1. The van der Waals surface area contributed by atoms with Crippen molar-refractivity contribution in [2.24, 2.45) is 5.92 Å². The van der Waals surface area contributed by atoms with Crippen molar-refractivity contribution in [3.8, 4) is 6.07 Å². The van der Waals surface area contributed by atoms with Gasteiger partial charge in [0.2, 0.25) is 17.6 Å².